The first-order valence-electron chi connectivity index (χ1n) is 10.2. The molecule has 144 valence electrons. The zero-order valence-electron chi connectivity index (χ0n) is 16.5. The molecule has 0 unspecified atom stereocenters. The number of benzene rings is 3. The van der Waals surface area contributed by atoms with E-state index in [1.54, 1.807) is 0 Å². The number of aliphatic imine (C=N–C) groups is 1. The number of fused-ring (bicyclic) bond motifs is 1. The molecule has 30 heavy (non-hydrogen) atoms. The Kier molecular flexibility index (Phi) is 4.75. The summed E-state index contributed by atoms with van der Waals surface area (Å²) in [6, 6.07) is 30.6. The summed E-state index contributed by atoms with van der Waals surface area (Å²) in [5.74, 6) is 1.07. The van der Waals surface area contributed by atoms with Crippen LogP contribution in [0.25, 0.3) is 22.5 Å². The number of hydrogen-bond acceptors (Lipinski definition) is 3. The zero-order chi connectivity index (χ0) is 20.3. The van der Waals surface area contributed by atoms with Crippen LogP contribution in [0.4, 0.5) is 5.88 Å². The SMILES string of the molecule is N#Cc1c(N=C2CCCc3ccccc32)oc(-c2ccccc2)c1-c1ccccc1. The molecule has 0 saturated carbocycles. The van der Waals surface area contributed by atoms with Gasteiger partial charge in [-0.1, -0.05) is 84.9 Å². The molecule has 0 bridgehead atoms. The molecule has 1 aromatic heterocycles. The van der Waals surface area contributed by atoms with Crippen LogP contribution < -0.4 is 0 Å². The first-order chi connectivity index (χ1) is 14.8. The fourth-order valence-electron chi connectivity index (χ4n) is 4.11. The van der Waals surface area contributed by atoms with Crippen LogP contribution in [-0.2, 0) is 6.42 Å². The van der Waals surface area contributed by atoms with Crippen LogP contribution in [0.15, 0.2) is 94.3 Å². The lowest BCUT2D eigenvalue weighted by Gasteiger charge is -2.17. The second-order valence-electron chi connectivity index (χ2n) is 7.40. The van der Waals surface area contributed by atoms with Crippen LogP contribution in [0.3, 0.4) is 0 Å². The predicted octanol–water partition coefficient (Wildman–Crippen LogP) is 6.94. The summed E-state index contributed by atoms with van der Waals surface area (Å²) in [5, 5.41) is 10.1. The van der Waals surface area contributed by atoms with E-state index in [4.69, 9.17) is 9.41 Å². The lowest BCUT2D eigenvalue weighted by atomic mass is 9.90. The van der Waals surface area contributed by atoms with Crippen molar-refractivity contribution in [3.05, 3.63) is 102 Å². The van der Waals surface area contributed by atoms with Gasteiger partial charge in [0.2, 0.25) is 5.88 Å². The molecule has 5 rings (SSSR count). The monoisotopic (exact) mass is 388 g/mol. The van der Waals surface area contributed by atoms with Crippen molar-refractivity contribution in [3.63, 3.8) is 0 Å². The molecule has 0 atom stereocenters. The molecule has 1 aliphatic carbocycles. The topological polar surface area (TPSA) is 49.3 Å². The van der Waals surface area contributed by atoms with Crippen LogP contribution in [0, 0.1) is 11.3 Å². The van der Waals surface area contributed by atoms with Crippen molar-refractivity contribution in [2.45, 2.75) is 19.3 Å². The molecular weight excluding hydrogens is 368 g/mol. The number of rotatable bonds is 3. The number of aryl methyl sites for hydroxylation is 1. The third-order valence-corrected chi connectivity index (χ3v) is 5.52. The molecule has 0 fully saturated rings. The summed E-state index contributed by atoms with van der Waals surface area (Å²) in [7, 11) is 0. The van der Waals surface area contributed by atoms with Gasteiger partial charge >= 0.3 is 0 Å². The first kappa shape index (κ1) is 18.1. The number of hydrogen-bond donors (Lipinski definition) is 0. The lowest BCUT2D eigenvalue weighted by Crippen LogP contribution is -2.11. The summed E-state index contributed by atoms with van der Waals surface area (Å²) in [6.45, 7) is 0. The Hall–Kier alpha value is -3.90. The van der Waals surface area contributed by atoms with Gasteiger partial charge in [-0.15, -0.1) is 0 Å². The summed E-state index contributed by atoms with van der Waals surface area (Å²) >= 11 is 0. The van der Waals surface area contributed by atoms with Gasteiger partial charge < -0.3 is 4.42 Å². The van der Waals surface area contributed by atoms with Crippen molar-refractivity contribution in [2.75, 3.05) is 0 Å². The van der Waals surface area contributed by atoms with E-state index in [1.165, 1.54) is 5.56 Å². The number of nitrogens with zero attached hydrogens (tertiary/aromatic N) is 2. The smallest absolute Gasteiger partial charge is 0.238 e. The molecule has 0 aliphatic heterocycles. The van der Waals surface area contributed by atoms with Crippen molar-refractivity contribution in [2.24, 2.45) is 4.99 Å². The van der Waals surface area contributed by atoms with Gasteiger partial charge in [0, 0.05) is 11.1 Å². The molecular formula is C27H20N2O. The minimum atomic E-state index is 0.391. The van der Waals surface area contributed by atoms with Crippen molar-refractivity contribution < 1.29 is 4.42 Å². The number of furan rings is 1. The highest BCUT2D eigenvalue weighted by molar-refractivity contribution is 6.04. The van der Waals surface area contributed by atoms with Crippen LogP contribution >= 0.6 is 0 Å². The van der Waals surface area contributed by atoms with Crippen molar-refractivity contribution in [1.29, 1.82) is 5.26 Å². The summed E-state index contributed by atoms with van der Waals surface area (Å²) in [6.07, 6.45) is 2.99. The molecule has 0 N–H and O–H groups in total. The molecule has 0 saturated heterocycles. The quantitative estimate of drug-likeness (QED) is 0.381. The average Bonchev–Trinajstić information content (AvgIpc) is 3.18. The normalized spacial score (nSPS) is 14.3. The molecule has 0 radical (unpaired) electrons. The van der Waals surface area contributed by atoms with Gasteiger partial charge in [-0.3, -0.25) is 0 Å². The highest BCUT2D eigenvalue weighted by Crippen LogP contribution is 2.43. The minimum absolute atomic E-state index is 0.391. The second-order valence-corrected chi connectivity index (χ2v) is 7.40. The Morgan fingerprint density at radius 1 is 0.767 bits per heavy atom. The van der Waals surface area contributed by atoms with Gasteiger partial charge in [-0.2, -0.15) is 5.26 Å². The van der Waals surface area contributed by atoms with Gasteiger partial charge in [0.15, 0.2) is 0 Å². The van der Waals surface area contributed by atoms with Crippen molar-refractivity contribution in [1.82, 2.24) is 0 Å². The van der Waals surface area contributed by atoms with E-state index in [-0.39, 0.29) is 0 Å². The van der Waals surface area contributed by atoms with E-state index < -0.39 is 0 Å². The predicted molar refractivity (Wildman–Crippen MR) is 120 cm³/mol. The summed E-state index contributed by atoms with van der Waals surface area (Å²) < 4.78 is 6.29. The van der Waals surface area contributed by atoms with E-state index in [2.05, 4.69) is 24.3 Å². The Balaban J connectivity index is 1.73. The molecule has 4 aromatic rings. The molecule has 3 nitrogen and oxygen atoms in total. The maximum absolute atomic E-state index is 10.1. The van der Waals surface area contributed by atoms with E-state index in [0.717, 1.165) is 47.2 Å². The van der Waals surface area contributed by atoms with Crippen LogP contribution in [0.1, 0.15) is 29.5 Å². The molecule has 1 heterocycles. The second kappa shape index (κ2) is 7.85. The van der Waals surface area contributed by atoms with Crippen LogP contribution in [0.2, 0.25) is 0 Å². The van der Waals surface area contributed by atoms with Crippen LogP contribution in [-0.4, -0.2) is 5.71 Å². The van der Waals surface area contributed by atoms with E-state index >= 15 is 0 Å². The molecule has 0 spiro atoms. The fraction of sp³-hybridized carbons (Fsp3) is 0.111. The van der Waals surface area contributed by atoms with E-state index in [1.807, 2.05) is 66.7 Å². The Morgan fingerprint density at radius 2 is 1.43 bits per heavy atom. The van der Waals surface area contributed by atoms with Gasteiger partial charge in [-0.25, -0.2) is 4.99 Å². The third-order valence-electron chi connectivity index (χ3n) is 5.52. The lowest BCUT2D eigenvalue weighted by molar-refractivity contribution is 0.592. The molecule has 1 aliphatic rings. The van der Waals surface area contributed by atoms with E-state index in [9.17, 15) is 5.26 Å². The van der Waals surface area contributed by atoms with Crippen molar-refractivity contribution >= 4 is 11.6 Å². The first-order valence-corrected chi connectivity index (χ1v) is 10.2. The standard InChI is InChI=1S/C27H20N2O/c28-18-23-25(20-11-3-1-4-12-20)26(21-13-5-2-6-14-21)30-27(23)29-24-17-9-15-19-10-7-8-16-22(19)24/h1-8,10-14,16H,9,15,17H2. The highest BCUT2D eigenvalue weighted by atomic mass is 16.4. The maximum atomic E-state index is 10.1. The fourth-order valence-corrected chi connectivity index (χ4v) is 4.11. The van der Waals surface area contributed by atoms with Crippen molar-refractivity contribution in [3.8, 4) is 28.5 Å². The zero-order valence-corrected chi connectivity index (χ0v) is 16.5. The Labute approximate surface area is 176 Å². The Bertz CT molecular complexity index is 1260. The minimum Gasteiger partial charge on any atom is -0.436 e. The number of nitriles is 1. The average molecular weight is 388 g/mol. The molecule has 3 heteroatoms. The summed E-state index contributed by atoms with van der Waals surface area (Å²) in [5.41, 5.74) is 6.62. The Morgan fingerprint density at radius 3 is 2.17 bits per heavy atom. The van der Waals surface area contributed by atoms with Gasteiger partial charge in [0.25, 0.3) is 0 Å². The largest absolute Gasteiger partial charge is 0.436 e. The van der Waals surface area contributed by atoms with Gasteiger partial charge in [0.1, 0.15) is 17.4 Å². The highest BCUT2D eigenvalue weighted by Gasteiger charge is 2.24. The van der Waals surface area contributed by atoms with Gasteiger partial charge in [0.05, 0.1) is 5.71 Å². The summed E-state index contributed by atoms with van der Waals surface area (Å²) in [4.78, 5) is 4.89. The maximum Gasteiger partial charge on any atom is 0.238 e. The van der Waals surface area contributed by atoms with Gasteiger partial charge in [-0.05, 0) is 36.0 Å². The van der Waals surface area contributed by atoms with E-state index in [0.29, 0.717) is 17.2 Å². The van der Waals surface area contributed by atoms with Crippen LogP contribution in [0.5, 0.6) is 0 Å². The molecule has 0 amide bonds. The molecule has 3 aromatic carbocycles. The third kappa shape index (κ3) is 3.23.